The number of rotatable bonds is 7. The third-order valence-electron chi connectivity index (χ3n) is 3.49. The summed E-state index contributed by atoms with van der Waals surface area (Å²) in [6, 6.07) is 8.99. The van der Waals surface area contributed by atoms with Crippen LogP contribution in [-0.2, 0) is 4.79 Å². The van der Waals surface area contributed by atoms with E-state index in [-0.39, 0.29) is 18.4 Å². The van der Waals surface area contributed by atoms with Crippen molar-refractivity contribution in [3.63, 3.8) is 0 Å². The number of amides is 2. The average molecular weight is 276 g/mol. The lowest BCUT2D eigenvalue weighted by Crippen LogP contribution is -2.39. The highest BCUT2D eigenvalue weighted by molar-refractivity contribution is 5.96. The standard InChI is InChI=1S/C16H24N2O2/c1-4-13(5-2)11-17-15(19)12-18(3)16(20)14-9-7-6-8-10-14/h6-10,13H,4-5,11-12H2,1-3H3,(H,17,19). The van der Waals surface area contributed by atoms with Crippen LogP contribution in [0.1, 0.15) is 37.0 Å². The molecule has 0 aliphatic heterocycles. The summed E-state index contributed by atoms with van der Waals surface area (Å²) in [4.78, 5) is 25.3. The van der Waals surface area contributed by atoms with Crippen molar-refractivity contribution in [2.45, 2.75) is 26.7 Å². The molecule has 0 aromatic heterocycles. The zero-order chi connectivity index (χ0) is 15.0. The molecule has 1 N–H and O–H groups in total. The summed E-state index contributed by atoms with van der Waals surface area (Å²) in [6.07, 6.45) is 2.10. The van der Waals surface area contributed by atoms with Crippen molar-refractivity contribution in [3.8, 4) is 0 Å². The van der Waals surface area contributed by atoms with Gasteiger partial charge < -0.3 is 10.2 Å². The Labute approximate surface area is 121 Å². The smallest absolute Gasteiger partial charge is 0.254 e. The number of benzene rings is 1. The van der Waals surface area contributed by atoms with Crippen LogP contribution in [0.15, 0.2) is 30.3 Å². The highest BCUT2D eigenvalue weighted by atomic mass is 16.2. The quantitative estimate of drug-likeness (QED) is 0.831. The SMILES string of the molecule is CCC(CC)CNC(=O)CN(C)C(=O)c1ccccc1. The Kier molecular flexibility index (Phi) is 6.77. The third kappa shape index (κ3) is 5.03. The van der Waals surface area contributed by atoms with Crippen LogP contribution >= 0.6 is 0 Å². The van der Waals surface area contributed by atoms with Crippen LogP contribution in [0.25, 0.3) is 0 Å². The second kappa shape index (κ2) is 8.35. The van der Waals surface area contributed by atoms with Gasteiger partial charge in [-0.2, -0.15) is 0 Å². The Morgan fingerprint density at radius 1 is 1.15 bits per heavy atom. The minimum absolute atomic E-state index is 0.0911. The molecular formula is C16H24N2O2. The molecule has 0 fully saturated rings. The van der Waals surface area contributed by atoms with Gasteiger partial charge in [0.05, 0.1) is 6.54 Å². The number of carbonyl (C=O) groups excluding carboxylic acids is 2. The maximum absolute atomic E-state index is 12.1. The van der Waals surface area contributed by atoms with Crippen LogP contribution in [0, 0.1) is 5.92 Å². The molecule has 0 saturated carbocycles. The van der Waals surface area contributed by atoms with Crippen LogP contribution in [-0.4, -0.2) is 36.9 Å². The van der Waals surface area contributed by atoms with Gasteiger partial charge in [0.2, 0.25) is 5.91 Å². The average Bonchev–Trinajstić information content (AvgIpc) is 2.48. The molecule has 0 aliphatic carbocycles. The van der Waals surface area contributed by atoms with Crippen LogP contribution in [0.3, 0.4) is 0 Å². The zero-order valence-electron chi connectivity index (χ0n) is 12.6. The fourth-order valence-corrected chi connectivity index (χ4v) is 1.98. The van der Waals surface area contributed by atoms with Crippen LogP contribution in [0.2, 0.25) is 0 Å². The summed E-state index contributed by atoms with van der Waals surface area (Å²) < 4.78 is 0. The van der Waals surface area contributed by atoms with Gasteiger partial charge in [-0.1, -0.05) is 44.9 Å². The van der Waals surface area contributed by atoms with E-state index in [1.807, 2.05) is 18.2 Å². The molecule has 0 heterocycles. The van der Waals surface area contributed by atoms with Gasteiger partial charge in [-0.15, -0.1) is 0 Å². The molecule has 0 saturated heterocycles. The summed E-state index contributed by atoms with van der Waals surface area (Å²) >= 11 is 0. The molecule has 110 valence electrons. The maximum Gasteiger partial charge on any atom is 0.254 e. The predicted molar refractivity (Wildman–Crippen MR) is 80.5 cm³/mol. The first-order valence-corrected chi connectivity index (χ1v) is 7.15. The van der Waals surface area contributed by atoms with Gasteiger partial charge in [0.1, 0.15) is 0 Å². The molecule has 4 nitrogen and oxygen atoms in total. The molecule has 0 aliphatic rings. The van der Waals surface area contributed by atoms with Crippen LogP contribution in [0.4, 0.5) is 0 Å². The first kappa shape index (κ1) is 16.2. The number of nitrogens with one attached hydrogen (secondary N) is 1. The highest BCUT2D eigenvalue weighted by Gasteiger charge is 2.15. The summed E-state index contributed by atoms with van der Waals surface area (Å²) in [5, 5.41) is 2.89. The molecular weight excluding hydrogens is 252 g/mol. The van der Waals surface area contributed by atoms with E-state index in [0.29, 0.717) is 18.0 Å². The Balaban J connectivity index is 2.43. The molecule has 0 bridgehead atoms. The molecule has 20 heavy (non-hydrogen) atoms. The lowest BCUT2D eigenvalue weighted by atomic mass is 10.0. The number of hydrogen-bond donors (Lipinski definition) is 1. The van der Waals surface area contributed by atoms with Gasteiger partial charge >= 0.3 is 0 Å². The molecule has 4 heteroatoms. The lowest BCUT2D eigenvalue weighted by molar-refractivity contribution is -0.121. The van der Waals surface area contributed by atoms with Crippen LogP contribution in [0.5, 0.6) is 0 Å². The molecule has 0 atom stereocenters. The topological polar surface area (TPSA) is 49.4 Å². The summed E-state index contributed by atoms with van der Waals surface area (Å²) in [7, 11) is 1.64. The van der Waals surface area contributed by atoms with Gasteiger partial charge in [0.25, 0.3) is 5.91 Å². The molecule has 0 unspecified atom stereocenters. The normalized spacial score (nSPS) is 10.4. The fourth-order valence-electron chi connectivity index (χ4n) is 1.98. The number of likely N-dealkylation sites (N-methyl/N-ethyl adjacent to an activating group) is 1. The fraction of sp³-hybridized carbons (Fsp3) is 0.500. The minimum atomic E-state index is -0.136. The van der Waals surface area contributed by atoms with Crippen molar-refractivity contribution in [1.29, 1.82) is 0 Å². The second-order valence-corrected chi connectivity index (χ2v) is 5.01. The van der Waals surface area contributed by atoms with Gasteiger partial charge in [-0.25, -0.2) is 0 Å². The van der Waals surface area contributed by atoms with E-state index in [1.165, 1.54) is 4.90 Å². The first-order chi connectivity index (χ1) is 9.58. The Hall–Kier alpha value is -1.84. The molecule has 2 amide bonds. The highest BCUT2D eigenvalue weighted by Crippen LogP contribution is 2.05. The minimum Gasteiger partial charge on any atom is -0.354 e. The summed E-state index contributed by atoms with van der Waals surface area (Å²) in [5.74, 6) is 0.265. The lowest BCUT2D eigenvalue weighted by Gasteiger charge is -2.18. The third-order valence-corrected chi connectivity index (χ3v) is 3.49. The number of hydrogen-bond acceptors (Lipinski definition) is 2. The Morgan fingerprint density at radius 3 is 2.30 bits per heavy atom. The van der Waals surface area contributed by atoms with E-state index in [2.05, 4.69) is 19.2 Å². The van der Waals surface area contributed by atoms with E-state index in [9.17, 15) is 9.59 Å². The van der Waals surface area contributed by atoms with E-state index >= 15 is 0 Å². The predicted octanol–water partition coefficient (Wildman–Crippen LogP) is 2.31. The van der Waals surface area contributed by atoms with Gasteiger partial charge in [0.15, 0.2) is 0 Å². The Morgan fingerprint density at radius 2 is 1.75 bits per heavy atom. The van der Waals surface area contributed by atoms with Gasteiger partial charge in [-0.3, -0.25) is 9.59 Å². The zero-order valence-corrected chi connectivity index (χ0v) is 12.6. The van der Waals surface area contributed by atoms with Crippen molar-refractivity contribution < 1.29 is 9.59 Å². The molecule has 1 aromatic rings. The van der Waals surface area contributed by atoms with Crippen LogP contribution < -0.4 is 5.32 Å². The van der Waals surface area contributed by atoms with Gasteiger partial charge in [-0.05, 0) is 18.1 Å². The maximum atomic E-state index is 12.1. The summed E-state index contributed by atoms with van der Waals surface area (Å²) in [6.45, 7) is 5.00. The Bertz CT molecular complexity index is 427. The van der Waals surface area contributed by atoms with Crippen molar-refractivity contribution >= 4 is 11.8 Å². The molecule has 0 radical (unpaired) electrons. The molecule has 0 spiro atoms. The van der Waals surface area contributed by atoms with E-state index < -0.39 is 0 Å². The molecule has 1 aromatic carbocycles. The summed E-state index contributed by atoms with van der Waals surface area (Å²) in [5.41, 5.74) is 0.600. The number of nitrogens with zero attached hydrogens (tertiary/aromatic N) is 1. The van der Waals surface area contributed by atoms with Crippen molar-refractivity contribution in [3.05, 3.63) is 35.9 Å². The monoisotopic (exact) mass is 276 g/mol. The number of carbonyl (C=O) groups is 2. The van der Waals surface area contributed by atoms with E-state index in [4.69, 9.17) is 0 Å². The second-order valence-electron chi connectivity index (χ2n) is 5.01. The molecule has 1 rings (SSSR count). The van der Waals surface area contributed by atoms with Crippen molar-refractivity contribution in [2.24, 2.45) is 5.92 Å². The van der Waals surface area contributed by atoms with Crippen molar-refractivity contribution in [1.82, 2.24) is 10.2 Å². The van der Waals surface area contributed by atoms with E-state index in [0.717, 1.165) is 12.8 Å². The van der Waals surface area contributed by atoms with E-state index in [1.54, 1.807) is 19.2 Å². The largest absolute Gasteiger partial charge is 0.354 e. The van der Waals surface area contributed by atoms with Crippen molar-refractivity contribution in [2.75, 3.05) is 20.1 Å². The van der Waals surface area contributed by atoms with Gasteiger partial charge in [0, 0.05) is 19.2 Å². The first-order valence-electron chi connectivity index (χ1n) is 7.15.